The standard InChI is InChI=1S/C13H26N2O/c1-14-10-12-2-6-15(7-3-12)8-4-13-5-9-16-11-13/h12-14H,2-11H2,1H3. The summed E-state index contributed by atoms with van der Waals surface area (Å²) in [7, 11) is 2.06. The van der Waals surface area contributed by atoms with Crippen LogP contribution in [0, 0.1) is 11.8 Å². The first-order valence-electron chi connectivity index (χ1n) is 6.83. The Morgan fingerprint density at radius 2 is 2.00 bits per heavy atom. The van der Waals surface area contributed by atoms with E-state index in [1.807, 2.05) is 0 Å². The zero-order valence-corrected chi connectivity index (χ0v) is 10.6. The molecule has 0 aromatic rings. The highest BCUT2D eigenvalue weighted by atomic mass is 16.5. The summed E-state index contributed by atoms with van der Waals surface area (Å²) in [6.07, 6.45) is 5.39. The lowest BCUT2D eigenvalue weighted by Gasteiger charge is -2.32. The van der Waals surface area contributed by atoms with Gasteiger partial charge in [0.15, 0.2) is 0 Å². The van der Waals surface area contributed by atoms with E-state index in [2.05, 4.69) is 17.3 Å². The molecule has 94 valence electrons. The van der Waals surface area contributed by atoms with Crippen LogP contribution in [-0.2, 0) is 4.74 Å². The normalized spacial score (nSPS) is 28.7. The second-order valence-electron chi connectivity index (χ2n) is 5.36. The highest BCUT2D eigenvalue weighted by molar-refractivity contribution is 4.75. The van der Waals surface area contributed by atoms with Crippen LogP contribution in [-0.4, -0.2) is 51.3 Å². The molecule has 0 spiro atoms. The predicted molar refractivity (Wildman–Crippen MR) is 66.6 cm³/mol. The van der Waals surface area contributed by atoms with Crippen molar-refractivity contribution in [3.63, 3.8) is 0 Å². The highest BCUT2D eigenvalue weighted by Gasteiger charge is 2.20. The van der Waals surface area contributed by atoms with Crippen molar-refractivity contribution in [2.24, 2.45) is 11.8 Å². The molecule has 2 fully saturated rings. The van der Waals surface area contributed by atoms with Gasteiger partial charge in [-0.05, 0) is 70.7 Å². The number of nitrogens with zero attached hydrogens (tertiary/aromatic N) is 1. The van der Waals surface area contributed by atoms with Crippen LogP contribution in [0.2, 0.25) is 0 Å². The first kappa shape index (κ1) is 12.3. The Bertz CT molecular complexity index is 184. The van der Waals surface area contributed by atoms with E-state index < -0.39 is 0 Å². The van der Waals surface area contributed by atoms with Gasteiger partial charge in [-0.15, -0.1) is 0 Å². The summed E-state index contributed by atoms with van der Waals surface area (Å²) >= 11 is 0. The second-order valence-corrected chi connectivity index (χ2v) is 5.36. The molecule has 0 aromatic carbocycles. The molecule has 16 heavy (non-hydrogen) atoms. The fourth-order valence-corrected chi connectivity index (χ4v) is 2.88. The van der Waals surface area contributed by atoms with E-state index in [9.17, 15) is 0 Å². The van der Waals surface area contributed by atoms with E-state index in [1.54, 1.807) is 0 Å². The molecular formula is C13H26N2O. The Kier molecular flexibility index (Phi) is 5.07. The van der Waals surface area contributed by atoms with Crippen molar-refractivity contribution in [3.05, 3.63) is 0 Å². The molecule has 2 aliphatic rings. The van der Waals surface area contributed by atoms with Crippen LogP contribution in [0.3, 0.4) is 0 Å². The number of piperidine rings is 1. The summed E-state index contributed by atoms with van der Waals surface area (Å²) in [5.74, 6) is 1.76. The van der Waals surface area contributed by atoms with E-state index in [4.69, 9.17) is 4.74 Å². The molecule has 1 atom stereocenters. The summed E-state index contributed by atoms with van der Waals surface area (Å²) in [4.78, 5) is 2.64. The minimum atomic E-state index is 0.843. The van der Waals surface area contributed by atoms with Gasteiger partial charge in [-0.3, -0.25) is 0 Å². The smallest absolute Gasteiger partial charge is 0.0495 e. The van der Waals surface area contributed by atoms with Gasteiger partial charge in [0.2, 0.25) is 0 Å². The maximum absolute atomic E-state index is 5.42. The molecule has 0 aliphatic carbocycles. The Hall–Kier alpha value is -0.120. The SMILES string of the molecule is CNCC1CCN(CCC2CCOC2)CC1. The third-order valence-electron chi connectivity index (χ3n) is 4.08. The van der Waals surface area contributed by atoms with Crippen LogP contribution in [0.1, 0.15) is 25.7 Å². The topological polar surface area (TPSA) is 24.5 Å². The van der Waals surface area contributed by atoms with Crippen LogP contribution in [0.25, 0.3) is 0 Å². The zero-order chi connectivity index (χ0) is 11.2. The lowest BCUT2D eigenvalue weighted by Crippen LogP contribution is -2.37. The van der Waals surface area contributed by atoms with Gasteiger partial charge in [0.05, 0.1) is 0 Å². The number of likely N-dealkylation sites (tertiary alicyclic amines) is 1. The number of hydrogen-bond acceptors (Lipinski definition) is 3. The molecule has 1 N–H and O–H groups in total. The number of ether oxygens (including phenoxy) is 1. The molecule has 0 saturated carbocycles. The van der Waals surface area contributed by atoms with Crippen LogP contribution in [0.4, 0.5) is 0 Å². The van der Waals surface area contributed by atoms with Crippen molar-refractivity contribution in [3.8, 4) is 0 Å². The molecular weight excluding hydrogens is 200 g/mol. The Morgan fingerprint density at radius 3 is 2.62 bits per heavy atom. The van der Waals surface area contributed by atoms with Gasteiger partial charge >= 0.3 is 0 Å². The van der Waals surface area contributed by atoms with Crippen LogP contribution in [0.15, 0.2) is 0 Å². The summed E-state index contributed by atoms with van der Waals surface area (Å²) in [6, 6.07) is 0. The maximum Gasteiger partial charge on any atom is 0.0495 e. The Labute approximate surface area is 99.5 Å². The lowest BCUT2D eigenvalue weighted by atomic mass is 9.96. The molecule has 0 bridgehead atoms. The summed E-state index contributed by atoms with van der Waals surface area (Å²) in [5.41, 5.74) is 0. The average Bonchev–Trinajstić information content (AvgIpc) is 2.82. The van der Waals surface area contributed by atoms with Gasteiger partial charge in [0, 0.05) is 13.2 Å². The van der Waals surface area contributed by atoms with E-state index in [0.29, 0.717) is 0 Å². The fraction of sp³-hybridized carbons (Fsp3) is 1.00. The molecule has 2 saturated heterocycles. The molecule has 2 aliphatic heterocycles. The summed E-state index contributed by atoms with van der Waals surface area (Å²) < 4.78 is 5.42. The average molecular weight is 226 g/mol. The molecule has 0 aromatic heterocycles. The van der Waals surface area contributed by atoms with Crippen molar-refractivity contribution < 1.29 is 4.74 Å². The molecule has 2 heterocycles. The fourth-order valence-electron chi connectivity index (χ4n) is 2.88. The van der Waals surface area contributed by atoms with Crippen molar-refractivity contribution >= 4 is 0 Å². The van der Waals surface area contributed by atoms with Crippen LogP contribution < -0.4 is 5.32 Å². The maximum atomic E-state index is 5.42. The zero-order valence-electron chi connectivity index (χ0n) is 10.6. The second kappa shape index (κ2) is 6.58. The Morgan fingerprint density at radius 1 is 1.19 bits per heavy atom. The quantitative estimate of drug-likeness (QED) is 0.766. The Balaban J connectivity index is 1.57. The van der Waals surface area contributed by atoms with E-state index in [-0.39, 0.29) is 0 Å². The monoisotopic (exact) mass is 226 g/mol. The highest BCUT2D eigenvalue weighted by Crippen LogP contribution is 2.20. The van der Waals surface area contributed by atoms with Gasteiger partial charge in [-0.1, -0.05) is 0 Å². The number of hydrogen-bond donors (Lipinski definition) is 1. The van der Waals surface area contributed by atoms with E-state index in [0.717, 1.165) is 25.0 Å². The molecule has 1 unspecified atom stereocenters. The molecule has 0 amide bonds. The van der Waals surface area contributed by atoms with Crippen molar-refractivity contribution in [2.75, 3.05) is 46.4 Å². The minimum Gasteiger partial charge on any atom is -0.381 e. The minimum absolute atomic E-state index is 0.843. The lowest BCUT2D eigenvalue weighted by molar-refractivity contribution is 0.159. The predicted octanol–water partition coefficient (Wildman–Crippen LogP) is 1.34. The van der Waals surface area contributed by atoms with Crippen LogP contribution >= 0.6 is 0 Å². The van der Waals surface area contributed by atoms with Gasteiger partial charge in [-0.2, -0.15) is 0 Å². The molecule has 3 nitrogen and oxygen atoms in total. The van der Waals surface area contributed by atoms with Crippen LogP contribution in [0.5, 0.6) is 0 Å². The van der Waals surface area contributed by atoms with Gasteiger partial charge < -0.3 is 15.0 Å². The van der Waals surface area contributed by atoms with Gasteiger partial charge in [0.25, 0.3) is 0 Å². The van der Waals surface area contributed by atoms with Gasteiger partial charge in [0.1, 0.15) is 0 Å². The van der Waals surface area contributed by atoms with Crippen molar-refractivity contribution in [1.82, 2.24) is 10.2 Å². The van der Waals surface area contributed by atoms with Crippen molar-refractivity contribution in [1.29, 1.82) is 0 Å². The molecule has 3 heteroatoms. The third-order valence-corrected chi connectivity index (χ3v) is 4.08. The molecule has 0 radical (unpaired) electrons. The molecule has 2 rings (SSSR count). The number of rotatable bonds is 5. The van der Waals surface area contributed by atoms with E-state index >= 15 is 0 Å². The first-order chi connectivity index (χ1) is 7.88. The third kappa shape index (κ3) is 3.72. The van der Waals surface area contributed by atoms with Gasteiger partial charge in [-0.25, -0.2) is 0 Å². The van der Waals surface area contributed by atoms with Crippen molar-refractivity contribution in [2.45, 2.75) is 25.7 Å². The largest absolute Gasteiger partial charge is 0.381 e. The summed E-state index contributed by atoms with van der Waals surface area (Å²) in [5, 5.41) is 3.29. The first-order valence-corrected chi connectivity index (χ1v) is 6.83. The summed E-state index contributed by atoms with van der Waals surface area (Å²) in [6.45, 7) is 7.11. The number of nitrogens with one attached hydrogen (secondary N) is 1. The van der Waals surface area contributed by atoms with E-state index in [1.165, 1.54) is 51.9 Å².